The third-order valence-corrected chi connectivity index (χ3v) is 4.18. The molecule has 0 bridgehead atoms. The zero-order valence-electron chi connectivity index (χ0n) is 11.8. The molecule has 112 valence electrons. The van der Waals surface area contributed by atoms with Crippen molar-refractivity contribution in [3.63, 3.8) is 0 Å². The van der Waals surface area contributed by atoms with Crippen LogP contribution in [0.25, 0.3) is 5.69 Å². The van der Waals surface area contributed by atoms with Gasteiger partial charge in [0, 0.05) is 11.1 Å². The van der Waals surface area contributed by atoms with Crippen LogP contribution in [-0.4, -0.2) is 15.7 Å². The second kappa shape index (κ2) is 6.34. The lowest BCUT2D eigenvalue weighted by atomic mass is 10.3. The number of thiophene rings is 1. The lowest BCUT2D eigenvalue weighted by Gasteiger charge is -2.07. The van der Waals surface area contributed by atoms with Gasteiger partial charge in [0.05, 0.1) is 11.4 Å². The Morgan fingerprint density at radius 1 is 1.32 bits per heavy atom. The van der Waals surface area contributed by atoms with Gasteiger partial charge in [-0.05, 0) is 42.1 Å². The summed E-state index contributed by atoms with van der Waals surface area (Å²) in [7, 11) is 0. The van der Waals surface area contributed by atoms with E-state index < -0.39 is 0 Å². The van der Waals surface area contributed by atoms with Crippen LogP contribution in [0.2, 0.25) is 5.02 Å². The second-order valence-electron chi connectivity index (χ2n) is 4.58. The van der Waals surface area contributed by atoms with Crippen LogP contribution in [0.15, 0.2) is 47.8 Å². The number of nitrogens with zero attached hydrogens (tertiary/aromatic N) is 2. The fourth-order valence-corrected chi connectivity index (χ4v) is 2.69. The molecule has 2 heterocycles. The van der Waals surface area contributed by atoms with E-state index in [1.54, 1.807) is 28.9 Å². The highest BCUT2D eigenvalue weighted by Crippen LogP contribution is 2.23. The Balaban J connectivity index is 1.94. The summed E-state index contributed by atoms with van der Waals surface area (Å²) in [6.07, 6.45) is 0.754. The van der Waals surface area contributed by atoms with Gasteiger partial charge in [-0.1, -0.05) is 24.6 Å². The van der Waals surface area contributed by atoms with Crippen LogP contribution in [0.3, 0.4) is 0 Å². The van der Waals surface area contributed by atoms with Crippen molar-refractivity contribution in [2.75, 3.05) is 0 Å². The lowest BCUT2D eigenvalue weighted by molar-refractivity contribution is 0.0728. The molecular formula is C16H13ClN2O2S. The van der Waals surface area contributed by atoms with E-state index >= 15 is 0 Å². The normalized spacial score (nSPS) is 10.6. The molecule has 0 aliphatic heterocycles. The number of benzene rings is 1. The third-order valence-electron chi connectivity index (χ3n) is 3.08. The number of aryl methyl sites for hydroxylation is 1. The molecule has 0 radical (unpaired) electrons. The summed E-state index contributed by atoms with van der Waals surface area (Å²) in [4.78, 5) is 12.7. The van der Waals surface area contributed by atoms with Crippen molar-refractivity contribution in [2.45, 2.75) is 13.3 Å². The quantitative estimate of drug-likeness (QED) is 0.666. The first-order valence-electron chi connectivity index (χ1n) is 6.78. The van der Waals surface area contributed by atoms with Crippen LogP contribution in [0, 0.1) is 0 Å². The van der Waals surface area contributed by atoms with E-state index in [9.17, 15) is 4.79 Å². The minimum Gasteiger partial charge on any atom is -0.403 e. The van der Waals surface area contributed by atoms with Gasteiger partial charge >= 0.3 is 5.97 Å². The molecule has 0 spiro atoms. The Morgan fingerprint density at radius 3 is 2.73 bits per heavy atom. The number of ether oxygens (including phenoxy) is 1. The molecule has 0 atom stereocenters. The minimum atomic E-state index is -0.382. The van der Waals surface area contributed by atoms with Gasteiger partial charge in [0.25, 0.3) is 0 Å². The van der Waals surface area contributed by atoms with Crippen molar-refractivity contribution in [3.8, 4) is 11.6 Å². The van der Waals surface area contributed by atoms with Gasteiger partial charge in [0.2, 0.25) is 5.88 Å². The standard InChI is InChI=1S/C16H13ClN2O2S/c1-2-12-10-15(21-16(20)14-4-3-9-22-14)19(18-12)13-7-5-11(17)6-8-13/h3-10H,2H2,1H3. The smallest absolute Gasteiger partial charge is 0.355 e. The summed E-state index contributed by atoms with van der Waals surface area (Å²) in [5, 5.41) is 6.94. The Morgan fingerprint density at radius 2 is 2.09 bits per heavy atom. The first-order valence-corrected chi connectivity index (χ1v) is 8.03. The molecule has 3 aromatic rings. The second-order valence-corrected chi connectivity index (χ2v) is 5.97. The highest BCUT2D eigenvalue weighted by molar-refractivity contribution is 7.12. The molecule has 0 saturated carbocycles. The highest BCUT2D eigenvalue weighted by Gasteiger charge is 2.16. The fourth-order valence-electron chi connectivity index (χ4n) is 1.96. The first kappa shape index (κ1) is 14.8. The van der Waals surface area contributed by atoms with Gasteiger partial charge in [-0.2, -0.15) is 5.10 Å². The van der Waals surface area contributed by atoms with Crippen LogP contribution >= 0.6 is 22.9 Å². The number of esters is 1. The Kier molecular flexibility index (Phi) is 4.27. The monoisotopic (exact) mass is 332 g/mol. The maximum absolute atomic E-state index is 12.1. The predicted molar refractivity (Wildman–Crippen MR) is 87.2 cm³/mol. The molecule has 0 amide bonds. The molecule has 0 aliphatic rings. The van der Waals surface area contributed by atoms with Crippen molar-refractivity contribution < 1.29 is 9.53 Å². The van der Waals surface area contributed by atoms with Gasteiger partial charge in [0.15, 0.2) is 0 Å². The number of halogens is 1. The average molecular weight is 333 g/mol. The zero-order chi connectivity index (χ0) is 15.5. The molecule has 0 N–H and O–H groups in total. The highest BCUT2D eigenvalue weighted by atomic mass is 35.5. The van der Waals surface area contributed by atoms with Crippen molar-refractivity contribution in [3.05, 3.63) is 63.4 Å². The van der Waals surface area contributed by atoms with Crippen LogP contribution in [-0.2, 0) is 6.42 Å². The van der Waals surface area contributed by atoms with Crippen LogP contribution in [0.5, 0.6) is 5.88 Å². The molecule has 3 rings (SSSR count). The summed E-state index contributed by atoms with van der Waals surface area (Å²) >= 11 is 7.25. The number of hydrogen-bond donors (Lipinski definition) is 0. The largest absolute Gasteiger partial charge is 0.403 e. The third kappa shape index (κ3) is 3.05. The van der Waals surface area contributed by atoms with E-state index in [1.165, 1.54) is 11.3 Å². The Bertz CT molecular complexity index is 779. The zero-order valence-corrected chi connectivity index (χ0v) is 13.4. The van der Waals surface area contributed by atoms with Crippen LogP contribution in [0.1, 0.15) is 22.3 Å². The molecule has 0 saturated heterocycles. The van der Waals surface area contributed by atoms with E-state index in [1.807, 2.05) is 30.5 Å². The van der Waals surface area contributed by atoms with Gasteiger partial charge in [-0.25, -0.2) is 9.48 Å². The molecule has 6 heteroatoms. The van der Waals surface area contributed by atoms with Gasteiger partial charge in [-0.3, -0.25) is 0 Å². The predicted octanol–water partition coefficient (Wildman–Crippen LogP) is 4.37. The van der Waals surface area contributed by atoms with Gasteiger partial charge < -0.3 is 4.74 Å². The van der Waals surface area contributed by atoms with E-state index in [0.717, 1.165) is 17.8 Å². The SMILES string of the molecule is CCc1cc(OC(=O)c2cccs2)n(-c2ccc(Cl)cc2)n1. The molecule has 2 aromatic heterocycles. The van der Waals surface area contributed by atoms with Gasteiger partial charge in [-0.15, -0.1) is 11.3 Å². The van der Waals surface area contributed by atoms with Crippen molar-refractivity contribution in [2.24, 2.45) is 0 Å². The Labute approximate surface area is 136 Å². The first-order chi connectivity index (χ1) is 10.7. The van der Waals surface area contributed by atoms with Crippen molar-refractivity contribution in [1.82, 2.24) is 9.78 Å². The van der Waals surface area contributed by atoms with Crippen LogP contribution in [0.4, 0.5) is 0 Å². The molecule has 0 unspecified atom stereocenters. The molecule has 1 aromatic carbocycles. The Hall–Kier alpha value is -2.11. The van der Waals surface area contributed by atoms with Crippen molar-refractivity contribution >= 4 is 28.9 Å². The molecular weight excluding hydrogens is 320 g/mol. The molecule has 4 nitrogen and oxygen atoms in total. The summed E-state index contributed by atoms with van der Waals surface area (Å²) < 4.78 is 7.11. The van der Waals surface area contributed by atoms with Crippen molar-refractivity contribution in [1.29, 1.82) is 0 Å². The topological polar surface area (TPSA) is 44.1 Å². The number of rotatable bonds is 4. The van der Waals surface area contributed by atoms with Crippen LogP contribution < -0.4 is 4.74 Å². The average Bonchev–Trinajstić information content (AvgIpc) is 3.17. The van der Waals surface area contributed by atoms with Gasteiger partial charge in [0.1, 0.15) is 4.88 Å². The lowest BCUT2D eigenvalue weighted by Crippen LogP contribution is -2.10. The fraction of sp³-hybridized carbons (Fsp3) is 0.125. The summed E-state index contributed by atoms with van der Waals surface area (Å²) in [5.74, 6) is 0.0188. The maximum Gasteiger partial charge on any atom is 0.355 e. The number of carbonyl (C=O) groups is 1. The molecule has 0 fully saturated rings. The number of carbonyl (C=O) groups excluding carboxylic acids is 1. The van der Waals surface area contributed by atoms with E-state index in [-0.39, 0.29) is 5.97 Å². The van der Waals surface area contributed by atoms with E-state index in [0.29, 0.717) is 15.8 Å². The number of hydrogen-bond acceptors (Lipinski definition) is 4. The van der Waals surface area contributed by atoms with E-state index in [4.69, 9.17) is 16.3 Å². The minimum absolute atomic E-state index is 0.382. The summed E-state index contributed by atoms with van der Waals surface area (Å²) in [5.41, 5.74) is 1.64. The molecule has 22 heavy (non-hydrogen) atoms. The number of aromatic nitrogens is 2. The summed E-state index contributed by atoms with van der Waals surface area (Å²) in [6, 6.07) is 12.5. The van der Waals surface area contributed by atoms with E-state index in [2.05, 4.69) is 5.10 Å². The summed E-state index contributed by atoms with van der Waals surface area (Å²) in [6.45, 7) is 2.00. The molecule has 0 aliphatic carbocycles. The maximum atomic E-state index is 12.1.